The summed E-state index contributed by atoms with van der Waals surface area (Å²) in [7, 11) is 2.06. The van der Waals surface area contributed by atoms with E-state index in [2.05, 4.69) is 42.8 Å². The predicted molar refractivity (Wildman–Crippen MR) is 104 cm³/mol. The molecule has 0 aliphatic heterocycles. The third kappa shape index (κ3) is 3.45. The Kier molecular flexibility index (Phi) is 4.77. The minimum atomic E-state index is -1.26. The molecule has 0 amide bonds. The van der Waals surface area contributed by atoms with Crippen molar-refractivity contribution in [2.45, 2.75) is 39.2 Å². The minimum absolute atomic E-state index is 0.580. The number of nitrogens with zero attached hydrogens (tertiary/aromatic N) is 1. The highest BCUT2D eigenvalue weighted by molar-refractivity contribution is 5.87. The summed E-state index contributed by atoms with van der Waals surface area (Å²) in [5, 5.41) is 10.4. The Hall–Kier alpha value is -2.75. The molecular formula is C22H25NO3. The highest BCUT2D eigenvalue weighted by Gasteiger charge is 2.29. The van der Waals surface area contributed by atoms with Gasteiger partial charge in [-0.15, -0.1) is 0 Å². The van der Waals surface area contributed by atoms with E-state index in [1.807, 2.05) is 24.3 Å². The van der Waals surface area contributed by atoms with Crippen LogP contribution >= 0.6 is 0 Å². The molecule has 136 valence electrons. The van der Waals surface area contributed by atoms with Crippen LogP contribution in [0.25, 0.3) is 10.9 Å². The fraction of sp³-hybridized carbons (Fsp3) is 0.318. The van der Waals surface area contributed by atoms with Crippen LogP contribution in [-0.2, 0) is 24.7 Å². The molecule has 1 aromatic heterocycles. The maximum absolute atomic E-state index is 11.3. The van der Waals surface area contributed by atoms with E-state index in [0.717, 1.165) is 23.7 Å². The molecule has 0 fully saturated rings. The van der Waals surface area contributed by atoms with Crippen molar-refractivity contribution in [2.75, 3.05) is 0 Å². The SMILES string of the molecule is Cc1c(CCc2ccccc2)c2cc(OC(C)(C)C(=O)O)ccc2n1C. The molecule has 1 N–H and O–H groups in total. The molecule has 3 aromatic rings. The molecule has 4 nitrogen and oxygen atoms in total. The third-order valence-corrected chi connectivity index (χ3v) is 4.99. The number of carboxylic acid groups (broad SMARTS) is 1. The van der Waals surface area contributed by atoms with Crippen LogP contribution in [-0.4, -0.2) is 21.2 Å². The molecule has 4 heteroatoms. The Balaban J connectivity index is 1.95. The molecule has 0 bridgehead atoms. The first-order valence-electron chi connectivity index (χ1n) is 8.84. The molecule has 0 saturated heterocycles. The lowest BCUT2D eigenvalue weighted by Gasteiger charge is -2.21. The molecule has 2 aromatic carbocycles. The van der Waals surface area contributed by atoms with Gasteiger partial charge in [-0.25, -0.2) is 4.79 Å². The summed E-state index contributed by atoms with van der Waals surface area (Å²) in [4.78, 5) is 11.3. The normalized spacial score (nSPS) is 11.7. The first-order valence-corrected chi connectivity index (χ1v) is 8.84. The largest absolute Gasteiger partial charge is 0.478 e. The molecule has 0 radical (unpaired) electrons. The zero-order chi connectivity index (χ0) is 18.9. The van der Waals surface area contributed by atoms with Crippen LogP contribution < -0.4 is 4.74 Å². The second-order valence-electron chi connectivity index (χ2n) is 7.21. The Morgan fingerprint density at radius 3 is 2.46 bits per heavy atom. The highest BCUT2D eigenvalue weighted by atomic mass is 16.5. The summed E-state index contributed by atoms with van der Waals surface area (Å²) >= 11 is 0. The lowest BCUT2D eigenvalue weighted by atomic mass is 10.0. The second-order valence-corrected chi connectivity index (χ2v) is 7.21. The number of hydrogen-bond donors (Lipinski definition) is 1. The standard InChI is InChI=1S/C22H25NO3/c1-15-18(12-10-16-8-6-5-7-9-16)19-14-17(11-13-20(19)23(15)4)26-22(2,3)21(24)25/h5-9,11,13-14H,10,12H2,1-4H3,(H,24,25). The summed E-state index contributed by atoms with van der Waals surface area (Å²) in [6.07, 6.45) is 1.89. The maximum Gasteiger partial charge on any atom is 0.347 e. The first kappa shape index (κ1) is 18.1. The van der Waals surface area contributed by atoms with E-state index >= 15 is 0 Å². The summed E-state index contributed by atoms with van der Waals surface area (Å²) in [5.74, 6) is -0.400. The number of carbonyl (C=O) groups is 1. The van der Waals surface area contributed by atoms with Crippen molar-refractivity contribution >= 4 is 16.9 Å². The summed E-state index contributed by atoms with van der Waals surface area (Å²) < 4.78 is 7.91. The van der Waals surface area contributed by atoms with Crippen LogP contribution in [0.4, 0.5) is 0 Å². The molecule has 0 aliphatic rings. The number of ether oxygens (including phenoxy) is 1. The molecule has 0 spiro atoms. The predicted octanol–water partition coefficient (Wildman–Crippen LogP) is 4.51. The van der Waals surface area contributed by atoms with Crippen molar-refractivity contribution in [3.05, 3.63) is 65.4 Å². The van der Waals surface area contributed by atoms with Crippen LogP contribution in [0.1, 0.15) is 30.7 Å². The Morgan fingerprint density at radius 2 is 1.81 bits per heavy atom. The van der Waals surface area contributed by atoms with Gasteiger partial charge in [-0.3, -0.25) is 0 Å². The van der Waals surface area contributed by atoms with Crippen molar-refractivity contribution < 1.29 is 14.6 Å². The number of rotatable bonds is 6. The smallest absolute Gasteiger partial charge is 0.347 e. The summed E-state index contributed by atoms with van der Waals surface area (Å²) in [6, 6.07) is 16.2. The number of hydrogen-bond acceptors (Lipinski definition) is 2. The molecule has 3 rings (SSSR count). The molecule has 0 unspecified atom stereocenters. The van der Waals surface area contributed by atoms with Gasteiger partial charge < -0.3 is 14.4 Å². The number of aromatic nitrogens is 1. The van der Waals surface area contributed by atoms with Crippen molar-refractivity contribution in [3.8, 4) is 5.75 Å². The average Bonchev–Trinajstić information content (AvgIpc) is 2.84. The van der Waals surface area contributed by atoms with Crippen LogP contribution in [0.5, 0.6) is 5.75 Å². The molecule has 0 atom stereocenters. The lowest BCUT2D eigenvalue weighted by Crippen LogP contribution is -2.37. The van der Waals surface area contributed by atoms with E-state index in [-0.39, 0.29) is 0 Å². The number of aliphatic carboxylic acids is 1. The Labute approximate surface area is 154 Å². The fourth-order valence-electron chi connectivity index (χ4n) is 3.26. The molecule has 1 heterocycles. The van der Waals surface area contributed by atoms with E-state index in [9.17, 15) is 9.90 Å². The van der Waals surface area contributed by atoms with Crippen molar-refractivity contribution in [1.82, 2.24) is 4.57 Å². The molecule has 26 heavy (non-hydrogen) atoms. The average molecular weight is 351 g/mol. The minimum Gasteiger partial charge on any atom is -0.478 e. The Bertz CT molecular complexity index is 939. The van der Waals surface area contributed by atoms with Gasteiger partial charge in [0.05, 0.1) is 0 Å². The number of fused-ring (bicyclic) bond motifs is 1. The number of aryl methyl sites for hydroxylation is 3. The lowest BCUT2D eigenvalue weighted by molar-refractivity contribution is -0.152. The molecule has 0 aliphatic carbocycles. The van der Waals surface area contributed by atoms with E-state index in [1.165, 1.54) is 16.8 Å². The Morgan fingerprint density at radius 1 is 1.12 bits per heavy atom. The van der Waals surface area contributed by atoms with E-state index in [0.29, 0.717) is 5.75 Å². The van der Waals surface area contributed by atoms with Crippen LogP contribution in [0.3, 0.4) is 0 Å². The van der Waals surface area contributed by atoms with Gasteiger partial charge in [0.25, 0.3) is 0 Å². The fourth-order valence-corrected chi connectivity index (χ4v) is 3.26. The third-order valence-electron chi connectivity index (χ3n) is 4.99. The number of carboxylic acids is 1. The molecular weight excluding hydrogens is 326 g/mol. The van der Waals surface area contributed by atoms with Gasteiger partial charge in [0.2, 0.25) is 0 Å². The second kappa shape index (κ2) is 6.87. The van der Waals surface area contributed by atoms with Crippen molar-refractivity contribution in [3.63, 3.8) is 0 Å². The number of benzene rings is 2. The van der Waals surface area contributed by atoms with Gasteiger partial charge in [-0.05, 0) is 62.9 Å². The summed E-state index contributed by atoms with van der Waals surface area (Å²) in [6.45, 7) is 5.25. The van der Waals surface area contributed by atoms with E-state index in [1.54, 1.807) is 13.8 Å². The van der Waals surface area contributed by atoms with Crippen molar-refractivity contribution in [2.24, 2.45) is 7.05 Å². The topological polar surface area (TPSA) is 51.5 Å². The van der Waals surface area contributed by atoms with Gasteiger partial charge >= 0.3 is 5.97 Å². The first-order chi connectivity index (χ1) is 12.3. The highest BCUT2D eigenvalue weighted by Crippen LogP contribution is 2.31. The van der Waals surface area contributed by atoms with Crippen LogP contribution in [0.15, 0.2) is 48.5 Å². The van der Waals surface area contributed by atoms with Gasteiger partial charge in [0.15, 0.2) is 5.60 Å². The van der Waals surface area contributed by atoms with Crippen LogP contribution in [0.2, 0.25) is 0 Å². The van der Waals surface area contributed by atoms with Crippen molar-refractivity contribution in [1.29, 1.82) is 0 Å². The van der Waals surface area contributed by atoms with Gasteiger partial charge in [-0.2, -0.15) is 0 Å². The quantitative estimate of drug-likeness (QED) is 0.711. The van der Waals surface area contributed by atoms with E-state index < -0.39 is 11.6 Å². The zero-order valence-electron chi connectivity index (χ0n) is 15.7. The maximum atomic E-state index is 11.3. The summed E-state index contributed by atoms with van der Waals surface area (Å²) in [5.41, 5.74) is 3.69. The van der Waals surface area contributed by atoms with Crippen LogP contribution in [0, 0.1) is 6.92 Å². The molecule has 0 saturated carbocycles. The van der Waals surface area contributed by atoms with E-state index in [4.69, 9.17) is 4.74 Å². The van der Waals surface area contributed by atoms with Gasteiger partial charge in [-0.1, -0.05) is 30.3 Å². The zero-order valence-corrected chi connectivity index (χ0v) is 15.7. The monoisotopic (exact) mass is 351 g/mol. The van der Waals surface area contributed by atoms with Gasteiger partial charge in [0.1, 0.15) is 5.75 Å². The van der Waals surface area contributed by atoms with Gasteiger partial charge in [0, 0.05) is 23.6 Å².